The minimum absolute atomic E-state index is 0.0750. The molecule has 1 aromatic rings. The summed E-state index contributed by atoms with van der Waals surface area (Å²) in [6.07, 6.45) is 1.57. The van der Waals surface area contributed by atoms with Crippen LogP contribution < -0.4 is 5.73 Å². The zero-order valence-electron chi connectivity index (χ0n) is 11.0. The van der Waals surface area contributed by atoms with E-state index >= 15 is 0 Å². The van der Waals surface area contributed by atoms with Gasteiger partial charge in [-0.3, -0.25) is 0 Å². The molecule has 0 bridgehead atoms. The van der Waals surface area contributed by atoms with Crippen molar-refractivity contribution in [2.24, 2.45) is 11.1 Å². The molecule has 2 atom stereocenters. The molecule has 2 N–H and O–H groups in total. The highest BCUT2D eigenvalue weighted by Gasteiger charge is 2.45. The lowest BCUT2D eigenvalue weighted by Gasteiger charge is -2.26. The Labute approximate surface area is 109 Å². The molecule has 0 radical (unpaired) electrons. The number of hydrogen-bond donors (Lipinski definition) is 1. The maximum atomic E-state index is 12.4. The van der Waals surface area contributed by atoms with Crippen LogP contribution >= 0.6 is 0 Å². The molecule has 3 nitrogen and oxygen atoms in total. The monoisotopic (exact) mass is 267 g/mol. The standard InChI is InChI=1S/C14H21NO2S/c1-14(2)9-8-12(13(14)15)18(16,17)10-11-6-4-3-5-7-11/h3-7,12-13H,8-10,15H2,1-2H3. The van der Waals surface area contributed by atoms with Crippen molar-refractivity contribution in [3.8, 4) is 0 Å². The molecule has 0 spiro atoms. The molecule has 1 aromatic carbocycles. The van der Waals surface area contributed by atoms with Gasteiger partial charge < -0.3 is 5.73 Å². The summed E-state index contributed by atoms with van der Waals surface area (Å²) in [5.41, 5.74) is 6.88. The SMILES string of the molecule is CC1(C)CCC(S(=O)(=O)Cc2ccccc2)C1N. The summed E-state index contributed by atoms with van der Waals surface area (Å²) in [4.78, 5) is 0. The third-order valence-electron chi connectivity index (χ3n) is 4.05. The third kappa shape index (κ3) is 2.59. The van der Waals surface area contributed by atoms with Gasteiger partial charge in [-0.25, -0.2) is 8.42 Å². The number of nitrogens with two attached hydrogens (primary N) is 1. The van der Waals surface area contributed by atoms with E-state index in [-0.39, 0.29) is 17.2 Å². The Morgan fingerprint density at radius 3 is 2.39 bits per heavy atom. The summed E-state index contributed by atoms with van der Waals surface area (Å²) in [5, 5.41) is -0.396. The van der Waals surface area contributed by atoms with Crippen LogP contribution in [0.1, 0.15) is 32.3 Å². The molecule has 1 aliphatic carbocycles. The lowest BCUT2D eigenvalue weighted by molar-refractivity contribution is 0.332. The van der Waals surface area contributed by atoms with Crippen LogP contribution in [-0.4, -0.2) is 19.7 Å². The molecule has 100 valence electrons. The number of benzene rings is 1. The van der Waals surface area contributed by atoms with Crippen molar-refractivity contribution in [3.63, 3.8) is 0 Å². The van der Waals surface area contributed by atoms with Gasteiger partial charge in [0, 0.05) is 6.04 Å². The van der Waals surface area contributed by atoms with E-state index in [1.54, 1.807) is 0 Å². The van der Waals surface area contributed by atoms with Gasteiger partial charge in [0.25, 0.3) is 0 Å². The number of sulfone groups is 1. The second-order valence-corrected chi connectivity index (χ2v) is 8.10. The lowest BCUT2D eigenvalue weighted by Crippen LogP contribution is -2.43. The van der Waals surface area contributed by atoms with Crippen molar-refractivity contribution in [1.29, 1.82) is 0 Å². The fraction of sp³-hybridized carbons (Fsp3) is 0.571. The van der Waals surface area contributed by atoms with Crippen LogP contribution in [0.2, 0.25) is 0 Å². The van der Waals surface area contributed by atoms with Gasteiger partial charge in [-0.1, -0.05) is 44.2 Å². The second kappa shape index (κ2) is 4.67. The molecule has 0 aromatic heterocycles. The Morgan fingerprint density at radius 2 is 1.89 bits per heavy atom. The molecule has 4 heteroatoms. The van der Waals surface area contributed by atoms with Gasteiger partial charge >= 0.3 is 0 Å². The van der Waals surface area contributed by atoms with Gasteiger partial charge in [-0.15, -0.1) is 0 Å². The molecule has 0 aliphatic heterocycles. The molecular weight excluding hydrogens is 246 g/mol. The molecule has 2 rings (SSSR count). The minimum atomic E-state index is -3.16. The highest BCUT2D eigenvalue weighted by atomic mass is 32.2. The Morgan fingerprint density at radius 1 is 1.28 bits per heavy atom. The Balaban J connectivity index is 2.18. The van der Waals surface area contributed by atoms with Crippen molar-refractivity contribution in [3.05, 3.63) is 35.9 Å². The molecule has 1 saturated carbocycles. The Hall–Kier alpha value is -0.870. The highest BCUT2D eigenvalue weighted by molar-refractivity contribution is 7.91. The van der Waals surface area contributed by atoms with Crippen molar-refractivity contribution >= 4 is 9.84 Å². The predicted molar refractivity (Wildman–Crippen MR) is 73.8 cm³/mol. The van der Waals surface area contributed by atoms with E-state index in [0.29, 0.717) is 6.42 Å². The summed E-state index contributed by atoms with van der Waals surface area (Å²) in [6, 6.07) is 9.06. The Bertz CT molecular complexity index is 508. The van der Waals surface area contributed by atoms with E-state index in [4.69, 9.17) is 5.73 Å². The molecule has 2 unspecified atom stereocenters. The molecular formula is C14H21NO2S. The van der Waals surface area contributed by atoms with Gasteiger partial charge in [0.15, 0.2) is 9.84 Å². The first-order valence-electron chi connectivity index (χ1n) is 6.34. The average Bonchev–Trinajstić information content (AvgIpc) is 2.55. The summed E-state index contributed by atoms with van der Waals surface area (Å²) in [6.45, 7) is 4.10. The zero-order valence-corrected chi connectivity index (χ0v) is 11.8. The van der Waals surface area contributed by atoms with Gasteiger partial charge in [-0.05, 0) is 23.8 Å². The normalized spacial score (nSPS) is 27.3. The van der Waals surface area contributed by atoms with Gasteiger partial charge in [0.05, 0.1) is 11.0 Å². The number of hydrogen-bond acceptors (Lipinski definition) is 3. The smallest absolute Gasteiger partial charge is 0.158 e. The highest BCUT2D eigenvalue weighted by Crippen LogP contribution is 2.40. The summed E-state index contributed by atoms with van der Waals surface area (Å²) in [5.74, 6) is 0.0995. The number of rotatable bonds is 3. The molecule has 1 aliphatic rings. The topological polar surface area (TPSA) is 60.2 Å². The van der Waals surface area contributed by atoms with Crippen molar-refractivity contribution < 1.29 is 8.42 Å². The van der Waals surface area contributed by atoms with Crippen LogP contribution in [0.4, 0.5) is 0 Å². The van der Waals surface area contributed by atoms with E-state index in [9.17, 15) is 8.42 Å². The van der Waals surface area contributed by atoms with Crippen molar-refractivity contribution in [2.45, 2.75) is 43.7 Å². The molecule has 0 saturated heterocycles. The van der Waals surface area contributed by atoms with Crippen LogP contribution in [0.5, 0.6) is 0 Å². The quantitative estimate of drug-likeness (QED) is 0.912. The van der Waals surface area contributed by atoms with Crippen molar-refractivity contribution in [2.75, 3.05) is 0 Å². The predicted octanol–water partition coefficient (Wildman–Crippen LogP) is 2.12. The van der Waals surface area contributed by atoms with Crippen molar-refractivity contribution in [1.82, 2.24) is 0 Å². The van der Waals surface area contributed by atoms with Crippen LogP contribution in [-0.2, 0) is 15.6 Å². The first-order valence-corrected chi connectivity index (χ1v) is 8.05. The van der Waals surface area contributed by atoms with Gasteiger partial charge in [0.1, 0.15) is 0 Å². The zero-order chi connectivity index (χ0) is 13.4. The minimum Gasteiger partial charge on any atom is -0.326 e. The van der Waals surface area contributed by atoms with E-state index in [1.807, 2.05) is 30.3 Å². The van der Waals surface area contributed by atoms with Crippen LogP contribution in [0.3, 0.4) is 0 Å². The fourth-order valence-corrected chi connectivity index (χ4v) is 4.84. The molecule has 1 fully saturated rings. The van der Waals surface area contributed by atoms with Gasteiger partial charge in [-0.2, -0.15) is 0 Å². The second-order valence-electron chi connectivity index (χ2n) is 5.88. The largest absolute Gasteiger partial charge is 0.326 e. The van der Waals surface area contributed by atoms with Crippen LogP contribution in [0, 0.1) is 5.41 Å². The maximum absolute atomic E-state index is 12.4. The maximum Gasteiger partial charge on any atom is 0.158 e. The average molecular weight is 267 g/mol. The van der Waals surface area contributed by atoms with Crippen LogP contribution in [0.25, 0.3) is 0 Å². The third-order valence-corrected chi connectivity index (χ3v) is 6.24. The van der Waals surface area contributed by atoms with E-state index < -0.39 is 15.1 Å². The van der Waals surface area contributed by atoms with E-state index in [0.717, 1.165) is 12.0 Å². The molecule has 18 heavy (non-hydrogen) atoms. The fourth-order valence-electron chi connectivity index (χ4n) is 2.68. The molecule has 0 heterocycles. The summed E-state index contributed by atoms with van der Waals surface area (Å²) < 4.78 is 24.8. The van der Waals surface area contributed by atoms with Gasteiger partial charge in [0.2, 0.25) is 0 Å². The lowest BCUT2D eigenvalue weighted by atomic mass is 9.88. The van der Waals surface area contributed by atoms with E-state index in [2.05, 4.69) is 13.8 Å². The first kappa shape index (κ1) is 13.6. The molecule has 0 amide bonds. The first-order chi connectivity index (χ1) is 8.33. The van der Waals surface area contributed by atoms with Crippen LogP contribution in [0.15, 0.2) is 30.3 Å². The van der Waals surface area contributed by atoms with E-state index in [1.165, 1.54) is 0 Å². The summed E-state index contributed by atoms with van der Waals surface area (Å²) in [7, 11) is -3.16. The summed E-state index contributed by atoms with van der Waals surface area (Å²) >= 11 is 0. The Kier molecular flexibility index (Phi) is 3.52.